The van der Waals surface area contributed by atoms with E-state index in [9.17, 15) is 10.1 Å². The Bertz CT molecular complexity index is 986. The van der Waals surface area contributed by atoms with Crippen molar-refractivity contribution < 1.29 is 14.3 Å². The van der Waals surface area contributed by atoms with E-state index in [0.29, 0.717) is 23.6 Å². The van der Waals surface area contributed by atoms with E-state index < -0.39 is 5.91 Å². The molecule has 0 bridgehead atoms. The van der Waals surface area contributed by atoms with Gasteiger partial charge in [0.2, 0.25) is 0 Å². The van der Waals surface area contributed by atoms with Crippen molar-refractivity contribution in [1.29, 1.82) is 5.26 Å². The van der Waals surface area contributed by atoms with Crippen LogP contribution in [0.3, 0.4) is 0 Å². The molecular formula is C23H24N2O3. The summed E-state index contributed by atoms with van der Waals surface area (Å²) >= 11 is 0. The molecule has 2 aromatic rings. The van der Waals surface area contributed by atoms with Crippen molar-refractivity contribution in [3.63, 3.8) is 0 Å². The fourth-order valence-electron chi connectivity index (χ4n) is 3.30. The van der Waals surface area contributed by atoms with Gasteiger partial charge < -0.3 is 14.8 Å². The molecule has 1 heterocycles. The topological polar surface area (TPSA) is 71.3 Å². The number of ether oxygens (including phenoxy) is 2. The summed E-state index contributed by atoms with van der Waals surface area (Å²) in [7, 11) is 0. The summed E-state index contributed by atoms with van der Waals surface area (Å²) in [5, 5.41) is 12.4. The maximum absolute atomic E-state index is 12.7. The molecular weight excluding hydrogens is 352 g/mol. The highest BCUT2D eigenvalue weighted by Gasteiger charge is 2.22. The van der Waals surface area contributed by atoms with Crippen molar-refractivity contribution in [3.05, 3.63) is 58.2 Å². The van der Waals surface area contributed by atoms with Gasteiger partial charge in [-0.15, -0.1) is 0 Å². The highest BCUT2D eigenvalue weighted by atomic mass is 16.5. The summed E-state index contributed by atoms with van der Waals surface area (Å²) in [4.78, 5) is 12.7. The molecule has 0 saturated carbocycles. The lowest BCUT2D eigenvalue weighted by Gasteiger charge is -2.11. The monoisotopic (exact) mass is 376 g/mol. The molecule has 0 unspecified atom stereocenters. The molecule has 0 radical (unpaired) electrons. The number of carbonyl (C=O) groups is 1. The maximum atomic E-state index is 12.7. The molecule has 0 saturated heterocycles. The van der Waals surface area contributed by atoms with Crippen molar-refractivity contribution in [1.82, 2.24) is 0 Å². The quantitative estimate of drug-likeness (QED) is 0.613. The van der Waals surface area contributed by atoms with Crippen molar-refractivity contribution in [2.45, 2.75) is 40.2 Å². The average Bonchev–Trinajstić information content (AvgIpc) is 3.01. The number of benzene rings is 2. The lowest BCUT2D eigenvalue weighted by Crippen LogP contribution is -2.14. The molecule has 0 spiro atoms. The van der Waals surface area contributed by atoms with Crippen molar-refractivity contribution >= 4 is 17.7 Å². The van der Waals surface area contributed by atoms with Gasteiger partial charge in [-0.25, -0.2) is 0 Å². The Balaban J connectivity index is 1.92. The zero-order valence-electron chi connectivity index (χ0n) is 16.6. The van der Waals surface area contributed by atoms with Crippen LogP contribution >= 0.6 is 0 Å². The predicted molar refractivity (Wildman–Crippen MR) is 110 cm³/mol. The van der Waals surface area contributed by atoms with Gasteiger partial charge in [0, 0.05) is 23.2 Å². The van der Waals surface area contributed by atoms with Crippen LogP contribution in [0.15, 0.2) is 35.9 Å². The third-order valence-corrected chi connectivity index (χ3v) is 4.62. The molecule has 3 rings (SSSR count). The molecule has 1 aliphatic heterocycles. The smallest absolute Gasteiger partial charge is 0.266 e. The second-order valence-electron chi connectivity index (χ2n) is 7.01. The second-order valence-corrected chi connectivity index (χ2v) is 7.01. The molecule has 5 nitrogen and oxygen atoms in total. The van der Waals surface area contributed by atoms with Crippen LogP contribution in [0, 0.1) is 25.2 Å². The van der Waals surface area contributed by atoms with E-state index in [1.165, 1.54) is 0 Å². The van der Waals surface area contributed by atoms with Crippen LogP contribution in [0.1, 0.15) is 36.1 Å². The molecule has 5 heteroatoms. The number of carbonyl (C=O) groups excluding carboxylic acids is 1. The van der Waals surface area contributed by atoms with Gasteiger partial charge in [-0.2, -0.15) is 5.26 Å². The number of rotatable bonds is 5. The molecule has 1 N–H and O–H groups in total. The SMILES string of the molecule is CCOc1cc2c(cc1/C=C(\C#N)C(=O)Nc1ccc(C)cc1C)O[C@H](C)C2. The van der Waals surface area contributed by atoms with Crippen LogP contribution in [0.2, 0.25) is 0 Å². The van der Waals surface area contributed by atoms with E-state index >= 15 is 0 Å². The zero-order chi connectivity index (χ0) is 20.3. The minimum Gasteiger partial charge on any atom is -0.493 e. The molecule has 0 aromatic heterocycles. The number of hydrogen-bond acceptors (Lipinski definition) is 4. The third-order valence-electron chi connectivity index (χ3n) is 4.62. The number of nitrogens with zero attached hydrogens (tertiary/aromatic N) is 1. The van der Waals surface area contributed by atoms with Gasteiger partial charge in [0.15, 0.2) is 0 Å². The number of amides is 1. The average molecular weight is 376 g/mol. The first kappa shape index (κ1) is 19.5. The molecule has 28 heavy (non-hydrogen) atoms. The first-order chi connectivity index (χ1) is 13.4. The third kappa shape index (κ3) is 4.17. The minimum absolute atomic E-state index is 0.00641. The highest BCUT2D eigenvalue weighted by molar-refractivity contribution is 6.10. The van der Waals surface area contributed by atoms with Gasteiger partial charge in [-0.05, 0) is 57.5 Å². The van der Waals surface area contributed by atoms with Gasteiger partial charge in [0.1, 0.15) is 29.2 Å². The van der Waals surface area contributed by atoms with Crippen molar-refractivity contribution in [2.24, 2.45) is 0 Å². The second kappa shape index (κ2) is 8.18. The zero-order valence-corrected chi connectivity index (χ0v) is 16.6. The summed E-state index contributed by atoms with van der Waals surface area (Å²) in [5.41, 5.74) is 4.48. The van der Waals surface area contributed by atoms with Crippen LogP contribution in [0.5, 0.6) is 11.5 Å². The van der Waals surface area contributed by atoms with Crippen molar-refractivity contribution in [3.8, 4) is 17.6 Å². The Morgan fingerprint density at radius 1 is 1.36 bits per heavy atom. The number of hydrogen-bond donors (Lipinski definition) is 1. The lowest BCUT2D eigenvalue weighted by atomic mass is 10.0. The van der Waals surface area contributed by atoms with Gasteiger partial charge in [-0.3, -0.25) is 4.79 Å². The van der Waals surface area contributed by atoms with Gasteiger partial charge in [-0.1, -0.05) is 17.7 Å². The molecule has 144 valence electrons. The molecule has 1 aliphatic rings. The van der Waals surface area contributed by atoms with Crippen LogP contribution in [0.25, 0.3) is 6.08 Å². The molecule has 0 fully saturated rings. The van der Waals surface area contributed by atoms with Gasteiger partial charge in [0.25, 0.3) is 5.91 Å². The summed E-state index contributed by atoms with van der Waals surface area (Å²) < 4.78 is 11.5. The minimum atomic E-state index is -0.452. The van der Waals surface area contributed by atoms with E-state index in [0.717, 1.165) is 28.9 Å². The maximum Gasteiger partial charge on any atom is 0.266 e. The van der Waals surface area contributed by atoms with Crippen LogP contribution < -0.4 is 14.8 Å². The van der Waals surface area contributed by atoms with Crippen LogP contribution in [-0.2, 0) is 11.2 Å². The van der Waals surface area contributed by atoms with Crippen molar-refractivity contribution in [2.75, 3.05) is 11.9 Å². The number of aryl methyl sites for hydroxylation is 2. The lowest BCUT2D eigenvalue weighted by molar-refractivity contribution is -0.112. The van der Waals surface area contributed by atoms with E-state index in [2.05, 4.69) is 5.32 Å². The molecule has 2 aromatic carbocycles. The molecule has 1 atom stereocenters. The molecule has 1 amide bonds. The predicted octanol–water partition coefficient (Wildman–Crippen LogP) is 4.57. The number of anilines is 1. The van der Waals surface area contributed by atoms with Gasteiger partial charge >= 0.3 is 0 Å². The summed E-state index contributed by atoms with van der Waals surface area (Å²) in [5.74, 6) is 0.965. The summed E-state index contributed by atoms with van der Waals surface area (Å²) in [6.45, 7) is 8.31. The van der Waals surface area contributed by atoms with E-state index in [1.54, 1.807) is 6.08 Å². The summed E-state index contributed by atoms with van der Waals surface area (Å²) in [6.07, 6.45) is 2.47. The summed E-state index contributed by atoms with van der Waals surface area (Å²) in [6, 6.07) is 11.5. The Morgan fingerprint density at radius 2 is 2.14 bits per heavy atom. The Kier molecular flexibility index (Phi) is 5.70. The largest absolute Gasteiger partial charge is 0.493 e. The number of nitrogens with one attached hydrogen (secondary N) is 1. The highest BCUT2D eigenvalue weighted by Crippen LogP contribution is 2.36. The van der Waals surface area contributed by atoms with Crippen LogP contribution in [-0.4, -0.2) is 18.6 Å². The fourth-order valence-corrected chi connectivity index (χ4v) is 3.30. The Labute approximate surface area is 165 Å². The fraction of sp³-hybridized carbons (Fsp3) is 0.304. The van der Waals surface area contributed by atoms with Gasteiger partial charge in [0.05, 0.1) is 6.61 Å². The van der Waals surface area contributed by atoms with E-state index in [-0.39, 0.29) is 11.7 Å². The number of fused-ring (bicyclic) bond motifs is 1. The Hall–Kier alpha value is -3.26. The first-order valence-electron chi connectivity index (χ1n) is 9.38. The number of nitriles is 1. The van der Waals surface area contributed by atoms with E-state index in [4.69, 9.17) is 9.47 Å². The molecule has 0 aliphatic carbocycles. The van der Waals surface area contributed by atoms with E-state index in [1.807, 2.05) is 64.1 Å². The standard InChI is InChI=1S/C23H24N2O3/c1-5-27-21-11-17-9-16(4)28-22(17)12-18(21)10-19(13-24)23(26)25-20-7-6-14(2)8-15(20)3/h6-8,10-12,16H,5,9H2,1-4H3,(H,25,26)/b19-10+/t16-/m1/s1. The first-order valence-corrected chi connectivity index (χ1v) is 9.38. The van der Waals surface area contributed by atoms with Crippen LogP contribution in [0.4, 0.5) is 5.69 Å². The Morgan fingerprint density at radius 3 is 2.82 bits per heavy atom. The normalized spacial score (nSPS) is 15.4.